The van der Waals surface area contributed by atoms with Crippen LogP contribution >= 0.6 is 11.6 Å². The minimum absolute atomic E-state index is 0.0698. The van der Waals surface area contributed by atoms with Gasteiger partial charge in [-0.25, -0.2) is 4.98 Å². The Balaban J connectivity index is 2.44. The average molecular weight is 229 g/mol. The molecule has 0 fully saturated rings. The molecule has 1 amide bonds. The minimum Gasteiger partial charge on any atom is -0.481 e. The first-order valence-electron chi connectivity index (χ1n) is 4.21. The maximum absolute atomic E-state index is 11.2. The van der Waals surface area contributed by atoms with Crippen LogP contribution in [0.4, 0.5) is 5.82 Å². The quantitative estimate of drug-likeness (QED) is 0.819. The van der Waals surface area contributed by atoms with E-state index in [0.717, 1.165) is 0 Å². The Labute approximate surface area is 91.1 Å². The van der Waals surface area contributed by atoms with Crippen LogP contribution in [-0.2, 0) is 9.59 Å². The maximum Gasteiger partial charge on any atom is 0.303 e. The number of aromatic nitrogens is 1. The predicted octanol–water partition coefficient (Wildman–Crippen LogP) is 1.54. The second-order valence-corrected chi connectivity index (χ2v) is 3.24. The van der Waals surface area contributed by atoms with Crippen molar-refractivity contribution in [3.05, 3.63) is 23.4 Å². The Bertz CT molecular complexity index is 364. The molecule has 0 aliphatic rings. The summed E-state index contributed by atoms with van der Waals surface area (Å²) in [4.78, 5) is 25.2. The summed E-state index contributed by atoms with van der Waals surface area (Å²) in [5, 5.41) is 11.3. The van der Waals surface area contributed by atoms with E-state index in [9.17, 15) is 9.59 Å². The van der Waals surface area contributed by atoms with Gasteiger partial charge in [0.05, 0.1) is 11.4 Å². The van der Waals surface area contributed by atoms with Crippen LogP contribution in [0.15, 0.2) is 18.3 Å². The standard InChI is InChI=1S/C9H9ClN2O3/c10-6-1-2-7(11-5-6)12-8(13)3-4-9(14)15/h1-2,5H,3-4H2,(H,14,15)(H,11,12,13). The molecular weight excluding hydrogens is 220 g/mol. The predicted molar refractivity (Wildman–Crippen MR) is 54.7 cm³/mol. The van der Waals surface area contributed by atoms with Crippen LogP contribution in [-0.4, -0.2) is 22.0 Å². The normalized spacial score (nSPS) is 9.67. The van der Waals surface area contributed by atoms with Crippen LogP contribution in [0.3, 0.4) is 0 Å². The third kappa shape index (κ3) is 4.42. The van der Waals surface area contributed by atoms with Gasteiger partial charge in [0, 0.05) is 12.6 Å². The van der Waals surface area contributed by atoms with Gasteiger partial charge < -0.3 is 10.4 Å². The molecule has 1 aromatic heterocycles. The molecule has 0 atom stereocenters. The number of anilines is 1. The van der Waals surface area contributed by atoms with Gasteiger partial charge in [-0.3, -0.25) is 9.59 Å². The highest BCUT2D eigenvalue weighted by Crippen LogP contribution is 2.09. The zero-order valence-electron chi connectivity index (χ0n) is 7.74. The number of carboxylic acid groups (broad SMARTS) is 1. The van der Waals surface area contributed by atoms with Crippen molar-refractivity contribution in [2.45, 2.75) is 12.8 Å². The second kappa shape index (κ2) is 5.31. The van der Waals surface area contributed by atoms with Gasteiger partial charge in [-0.2, -0.15) is 0 Å². The van der Waals surface area contributed by atoms with Gasteiger partial charge in [-0.1, -0.05) is 11.6 Å². The smallest absolute Gasteiger partial charge is 0.303 e. The molecule has 0 aliphatic carbocycles. The lowest BCUT2D eigenvalue weighted by molar-refractivity contribution is -0.138. The molecule has 2 N–H and O–H groups in total. The SMILES string of the molecule is O=C(O)CCC(=O)Nc1ccc(Cl)cn1. The lowest BCUT2D eigenvalue weighted by atomic mass is 10.3. The van der Waals surface area contributed by atoms with Crippen molar-refractivity contribution >= 4 is 29.3 Å². The molecule has 0 aliphatic heterocycles. The van der Waals surface area contributed by atoms with Gasteiger partial charge in [0.15, 0.2) is 0 Å². The average Bonchev–Trinajstić information content (AvgIpc) is 2.19. The van der Waals surface area contributed by atoms with Crippen molar-refractivity contribution in [2.75, 3.05) is 5.32 Å². The van der Waals surface area contributed by atoms with Crippen LogP contribution < -0.4 is 5.32 Å². The van der Waals surface area contributed by atoms with E-state index in [1.165, 1.54) is 6.20 Å². The summed E-state index contributed by atoms with van der Waals surface area (Å²) >= 11 is 5.60. The molecule has 0 saturated carbocycles. The molecule has 6 heteroatoms. The number of carbonyl (C=O) groups excluding carboxylic acids is 1. The number of hydrogen-bond acceptors (Lipinski definition) is 3. The monoisotopic (exact) mass is 228 g/mol. The Morgan fingerprint density at radius 1 is 1.40 bits per heavy atom. The van der Waals surface area contributed by atoms with E-state index in [0.29, 0.717) is 10.8 Å². The van der Waals surface area contributed by atoms with Gasteiger partial charge in [-0.15, -0.1) is 0 Å². The Hall–Kier alpha value is -1.62. The zero-order chi connectivity index (χ0) is 11.3. The van der Waals surface area contributed by atoms with Crippen molar-refractivity contribution in [3.8, 4) is 0 Å². The van der Waals surface area contributed by atoms with E-state index in [4.69, 9.17) is 16.7 Å². The molecule has 1 rings (SSSR count). The summed E-state index contributed by atoms with van der Waals surface area (Å²) in [5.41, 5.74) is 0. The van der Waals surface area contributed by atoms with Crippen molar-refractivity contribution in [3.63, 3.8) is 0 Å². The highest BCUT2D eigenvalue weighted by atomic mass is 35.5. The van der Waals surface area contributed by atoms with Crippen molar-refractivity contribution in [1.29, 1.82) is 0 Å². The molecule has 1 aromatic rings. The number of aliphatic carboxylic acids is 1. The molecule has 0 radical (unpaired) electrons. The van der Waals surface area contributed by atoms with E-state index in [2.05, 4.69) is 10.3 Å². The molecule has 0 bridgehead atoms. The molecule has 0 unspecified atom stereocenters. The number of hydrogen-bond donors (Lipinski definition) is 2. The van der Waals surface area contributed by atoms with Gasteiger partial charge >= 0.3 is 5.97 Å². The molecule has 0 aromatic carbocycles. The van der Waals surface area contributed by atoms with E-state index >= 15 is 0 Å². The first-order valence-corrected chi connectivity index (χ1v) is 4.59. The van der Waals surface area contributed by atoms with Crippen molar-refractivity contribution < 1.29 is 14.7 Å². The fourth-order valence-electron chi connectivity index (χ4n) is 0.876. The van der Waals surface area contributed by atoms with Gasteiger partial charge in [-0.05, 0) is 12.1 Å². The van der Waals surface area contributed by atoms with E-state index in [-0.39, 0.29) is 18.7 Å². The number of rotatable bonds is 4. The fourth-order valence-corrected chi connectivity index (χ4v) is 0.987. The van der Waals surface area contributed by atoms with Crippen LogP contribution in [0.25, 0.3) is 0 Å². The van der Waals surface area contributed by atoms with Crippen LogP contribution in [0, 0.1) is 0 Å². The molecule has 15 heavy (non-hydrogen) atoms. The molecule has 1 heterocycles. The summed E-state index contributed by atoms with van der Waals surface area (Å²) in [6.07, 6.45) is 1.13. The molecular formula is C9H9ClN2O3. The van der Waals surface area contributed by atoms with Gasteiger partial charge in [0.1, 0.15) is 5.82 Å². The minimum atomic E-state index is -1.01. The lowest BCUT2D eigenvalue weighted by Gasteiger charge is -2.02. The Morgan fingerprint density at radius 2 is 2.13 bits per heavy atom. The zero-order valence-corrected chi connectivity index (χ0v) is 8.49. The van der Waals surface area contributed by atoms with Crippen LogP contribution in [0.5, 0.6) is 0 Å². The number of carboxylic acids is 1. The van der Waals surface area contributed by atoms with Crippen molar-refractivity contribution in [2.24, 2.45) is 0 Å². The summed E-state index contributed by atoms with van der Waals surface area (Å²) in [6.45, 7) is 0. The summed E-state index contributed by atoms with van der Waals surface area (Å²) < 4.78 is 0. The fraction of sp³-hybridized carbons (Fsp3) is 0.222. The number of amides is 1. The molecule has 0 saturated heterocycles. The largest absolute Gasteiger partial charge is 0.481 e. The number of pyridine rings is 1. The summed E-state index contributed by atoms with van der Waals surface area (Å²) in [7, 11) is 0. The number of nitrogens with zero attached hydrogens (tertiary/aromatic N) is 1. The number of halogens is 1. The third-order valence-corrected chi connectivity index (χ3v) is 1.78. The summed E-state index contributed by atoms with van der Waals surface area (Å²) in [6, 6.07) is 3.13. The summed E-state index contributed by atoms with van der Waals surface area (Å²) in [5.74, 6) is -1.03. The van der Waals surface area contributed by atoms with Crippen molar-refractivity contribution in [1.82, 2.24) is 4.98 Å². The second-order valence-electron chi connectivity index (χ2n) is 2.80. The van der Waals surface area contributed by atoms with Crippen LogP contribution in [0.1, 0.15) is 12.8 Å². The highest BCUT2D eigenvalue weighted by molar-refractivity contribution is 6.30. The maximum atomic E-state index is 11.2. The topological polar surface area (TPSA) is 79.3 Å². The number of nitrogens with one attached hydrogen (secondary N) is 1. The number of carbonyl (C=O) groups is 2. The van der Waals surface area contributed by atoms with Gasteiger partial charge in [0.25, 0.3) is 0 Å². The van der Waals surface area contributed by atoms with Crippen LogP contribution in [0.2, 0.25) is 5.02 Å². The molecule has 80 valence electrons. The first kappa shape index (κ1) is 11.5. The van der Waals surface area contributed by atoms with E-state index in [1.807, 2.05) is 0 Å². The highest BCUT2D eigenvalue weighted by Gasteiger charge is 2.05. The van der Waals surface area contributed by atoms with E-state index in [1.54, 1.807) is 12.1 Å². The third-order valence-electron chi connectivity index (χ3n) is 1.56. The molecule has 0 spiro atoms. The Kier molecular flexibility index (Phi) is 4.05. The first-order chi connectivity index (χ1) is 7.08. The van der Waals surface area contributed by atoms with E-state index < -0.39 is 5.97 Å². The molecule has 5 nitrogen and oxygen atoms in total. The lowest BCUT2D eigenvalue weighted by Crippen LogP contribution is -2.13. The Morgan fingerprint density at radius 3 is 2.67 bits per heavy atom. The van der Waals surface area contributed by atoms with Gasteiger partial charge in [0.2, 0.25) is 5.91 Å².